The Bertz CT molecular complexity index is 788. The summed E-state index contributed by atoms with van der Waals surface area (Å²) in [5.74, 6) is 1.13. The number of rotatable bonds is 8. The van der Waals surface area contributed by atoms with E-state index in [0.717, 1.165) is 34.9 Å². The molecule has 0 spiro atoms. The molecule has 1 aliphatic rings. The molecule has 0 aliphatic carbocycles. The molecule has 2 aromatic carbocycles. The van der Waals surface area contributed by atoms with Crippen molar-refractivity contribution in [2.45, 2.75) is 33.1 Å². The van der Waals surface area contributed by atoms with Crippen LogP contribution in [0.2, 0.25) is 0 Å². The highest BCUT2D eigenvalue weighted by molar-refractivity contribution is 8.09. The van der Waals surface area contributed by atoms with E-state index >= 15 is 0 Å². The molecule has 0 saturated carbocycles. The van der Waals surface area contributed by atoms with E-state index in [1.54, 1.807) is 24.1 Å². The second-order valence-corrected chi connectivity index (χ2v) is 7.18. The molecule has 1 heterocycles. The zero-order valence-electron chi connectivity index (χ0n) is 15.6. The summed E-state index contributed by atoms with van der Waals surface area (Å²) in [7, 11) is 0. The van der Waals surface area contributed by atoms with Crippen LogP contribution in [0.25, 0.3) is 4.91 Å². The highest BCUT2D eigenvalue weighted by atomic mass is 32.2. The van der Waals surface area contributed by atoms with Crippen LogP contribution in [0.5, 0.6) is 11.5 Å². The number of carbonyl (C=O) groups excluding carboxylic acids is 1. The summed E-state index contributed by atoms with van der Waals surface area (Å²) < 4.78 is 12.8. The number of hydrogen-bond acceptors (Lipinski definition) is 6. The van der Waals surface area contributed by atoms with Gasteiger partial charge in [0.1, 0.15) is 11.5 Å². The Morgan fingerprint density at radius 2 is 1.74 bits per heavy atom. The zero-order chi connectivity index (χ0) is 19.1. The first-order valence-corrected chi connectivity index (χ1v) is 9.89. The molecule has 1 N–H and O–H groups in total. The van der Waals surface area contributed by atoms with Gasteiger partial charge in [-0.15, -0.1) is 0 Å². The van der Waals surface area contributed by atoms with Crippen molar-refractivity contribution in [3.63, 3.8) is 0 Å². The molecule has 3 rings (SSSR count). The van der Waals surface area contributed by atoms with Crippen molar-refractivity contribution in [3.05, 3.63) is 60.3 Å². The number of nitrogens with zero attached hydrogens (tertiary/aromatic N) is 1. The fourth-order valence-corrected chi connectivity index (χ4v) is 3.48. The van der Waals surface area contributed by atoms with Crippen molar-refractivity contribution >= 4 is 28.5 Å². The number of hydrazine groups is 1. The van der Waals surface area contributed by atoms with Gasteiger partial charge in [-0.1, -0.05) is 31.9 Å². The van der Waals surface area contributed by atoms with Gasteiger partial charge in [0, 0.05) is 25.1 Å². The first-order chi connectivity index (χ1) is 13.2. The van der Waals surface area contributed by atoms with Crippen LogP contribution in [-0.2, 0) is 4.79 Å². The molecule has 27 heavy (non-hydrogen) atoms. The Labute approximate surface area is 164 Å². The van der Waals surface area contributed by atoms with E-state index in [-0.39, 0.29) is 5.97 Å². The van der Waals surface area contributed by atoms with Gasteiger partial charge in [0.05, 0.1) is 17.2 Å². The van der Waals surface area contributed by atoms with Crippen LogP contribution in [0.15, 0.2) is 54.7 Å². The maximum atomic E-state index is 11.0. The second-order valence-electron chi connectivity index (χ2n) is 6.19. The van der Waals surface area contributed by atoms with Gasteiger partial charge >= 0.3 is 5.97 Å². The van der Waals surface area contributed by atoms with Crippen molar-refractivity contribution in [1.29, 1.82) is 0 Å². The van der Waals surface area contributed by atoms with Crippen LogP contribution in [0.4, 0.5) is 5.69 Å². The fraction of sp³-hybridized carbons (Fsp3) is 0.286. The molecule has 0 atom stereocenters. The van der Waals surface area contributed by atoms with Gasteiger partial charge in [-0.05, 0) is 48.4 Å². The Balaban J connectivity index is 1.54. The highest BCUT2D eigenvalue weighted by Gasteiger charge is 2.17. The smallest absolute Gasteiger partial charge is 0.308 e. The van der Waals surface area contributed by atoms with Crippen LogP contribution in [0.1, 0.15) is 38.7 Å². The molecular weight excluding hydrogens is 360 g/mol. The Morgan fingerprint density at radius 1 is 1.04 bits per heavy atom. The number of benzene rings is 2. The summed E-state index contributed by atoms with van der Waals surface area (Å²) in [6.45, 7) is 4.34. The van der Waals surface area contributed by atoms with Crippen LogP contribution in [-0.4, -0.2) is 12.6 Å². The average molecular weight is 385 g/mol. The standard InChI is InChI=1S/C21H24N2O3S/c1-3-4-5-14-25-19-12-8-18(9-13-19)23-22-15-21(27-23)17-6-10-20(11-7-17)26-16(2)24/h6-13,15,22H,3-5,14H2,1-2H3. The zero-order valence-corrected chi connectivity index (χ0v) is 16.4. The molecule has 5 nitrogen and oxygen atoms in total. The summed E-state index contributed by atoms with van der Waals surface area (Å²) in [5.41, 5.74) is 5.36. The lowest BCUT2D eigenvalue weighted by atomic mass is 10.2. The summed E-state index contributed by atoms with van der Waals surface area (Å²) >= 11 is 1.60. The quantitative estimate of drug-likeness (QED) is 0.294. The molecule has 0 bridgehead atoms. The predicted molar refractivity (Wildman–Crippen MR) is 110 cm³/mol. The molecule has 0 radical (unpaired) electrons. The van der Waals surface area contributed by atoms with E-state index in [9.17, 15) is 4.79 Å². The minimum absolute atomic E-state index is 0.317. The van der Waals surface area contributed by atoms with E-state index < -0.39 is 0 Å². The lowest BCUT2D eigenvalue weighted by Crippen LogP contribution is -2.22. The van der Waals surface area contributed by atoms with Crippen LogP contribution >= 0.6 is 11.9 Å². The van der Waals surface area contributed by atoms with Crippen LogP contribution in [0.3, 0.4) is 0 Å². The molecule has 1 aliphatic heterocycles. The first-order valence-electron chi connectivity index (χ1n) is 9.12. The van der Waals surface area contributed by atoms with Crippen molar-refractivity contribution < 1.29 is 14.3 Å². The minimum atomic E-state index is -0.317. The normalized spacial score (nSPS) is 13.1. The second kappa shape index (κ2) is 9.37. The van der Waals surface area contributed by atoms with Gasteiger partial charge in [-0.25, -0.2) is 4.41 Å². The average Bonchev–Trinajstić information content (AvgIpc) is 3.16. The molecule has 0 unspecified atom stereocenters. The minimum Gasteiger partial charge on any atom is -0.494 e. The number of unbranched alkanes of at least 4 members (excludes halogenated alkanes) is 2. The third-order valence-corrected chi connectivity index (χ3v) is 5.04. The van der Waals surface area contributed by atoms with Crippen LogP contribution in [0, 0.1) is 0 Å². The van der Waals surface area contributed by atoms with Crippen molar-refractivity contribution in [2.75, 3.05) is 11.0 Å². The SMILES string of the molecule is CCCCCOc1ccc(N2NC=C(c3ccc(OC(C)=O)cc3)S2)cc1. The highest BCUT2D eigenvalue weighted by Crippen LogP contribution is 2.37. The Morgan fingerprint density at radius 3 is 2.41 bits per heavy atom. The van der Waals surface area contributed by atoms with Gasteiger partial charge < -0.3 is 9.47 Å². The van der Waals surface area contributed by atoms with E-state index in [2.05, 4.69) is 12.3 Å². The molecule has 0 aromatic heterocycles. The third kappa shape index (κ3) is 5.44. The van der Waals surface area contributed by atoms with Gasteiger partial charge in [0.25, 0.3) is 0 Å². The predicted octanol–water partition coefficient (Wildman–Crippen LogP) is 5.15. The number of ether oxygens (including phenoxy) is 2. The summed E-state index contributed by atoms with van der Waals surface area (Å²) in [4.78, 5) is 12.1. The molecule has 0 saturated heterocycles. The number of hydrogen-bond donors (Lipinski definition) is 1. The maximum absolute atomic E-state index is 11.0. The van der Waals surface area contributed by atoms with E-state index in [4.69, 9.17) is 9.47 Å². The van der Waals surface area contributed by atoms with Gasteiger partial charge in [-0.3, -0.25) is 10.2 Å². The number of carbonyl (C=O) groups is 1. The largest absolute Gasteiger partial charge is 0.494 e. The van der Waals surface area contributed by atoms with Crippen molar-refractivity contribution in [3.8, 4) is 11.5 Å². The van der Waals surface area contributed by atoms with Crippen molar-refractivity contribution in [1.82, 2.24) is 5.43 Å². The van der Waals surface area contributed by atoms with E-state index in [1.807, 2.05) is 47.0 Å². The van der Waals surface area contributed by atoms with Gasteiger partial charge in [0.2, 0.25) is 0 Å². The van der Waals surface area contributed by atoms with Gasteiger partial charge in [-0.2, -0.15) is 0 Å². The summed E-state index contributed by atoms with van der Waals surface area (Å²) in [5, 5.41) is 0. The fourth-order valence-electron chi connectivity index (χ4n) is 2.60. The van der Waals surface area contributed by atoms with E-state index in [1.165, 1.54) is 19.8 Å². The molecule has 142 valence electrons. The number of anilines is 1. The Hall–Kier alpha value is -2.60. The summed E-state index contributed by atoms with van der Waals surface area (Å²) in [6.07, 6.45) is 5.44. The van der Waals surface area contributed by atoms with Crippen LogP contribution < -0.4 is 19.3 Å². The van der Waals surface area contributed by atoms with E-state index in [0.29, 0.717) is 5.75 Å². The third-order valence-electron chi connectivity index (χ3n) is 3.99. The summed E-state index contributed by atoms with van der Waals surface area (Å²) in [6, 6.07) is 15.5. The molecule has 2 aromatic rings. The first kappa shape index (κ1) is 19.2. The van der Waals surface area contributed by atoms with Gasteiger partial charge in [0.15, 0.2) is 0 Å². The lowest BCUT2D eigenvalue weighted by Gasteiger charge is -2.17. The Kier molecular flexibility index (Phi) is 6.65. The topological polar surface area (TPSA) is 50.8 Å². The molecule has 6 heteroatoms. The number of esters is 1. The molecule has 0 fully saturated rings. The van der Waals surface area contributed by atoms with Crippen molar-refractivity contribution in [2.24, 2.45) is 0 Å². The molecule has 0 amide bonds. The number of nitrogens with one attached hydrogen (secondary N) is 1. The molecular formula is C21H24N2O3S. The monoisotopic (exact) mass is 384 g/mol. The maximum Gasteiger partial charge on any atom is 0.308 e. The lowest BCUT2D eigenvalue weighted by molar-refractivity contribution is -0.131.